The fourth-order valence-corrected chi connectivity index (χ4v) is 0.424. The molecule has 2 heteroatoms. The van der Waals surface area contributed by atoms with Crippen LogP contribution in [-0.2, 0) is 0 Å². The minimum Gasteiger partial charge on any atom is -0.207 e. The molecular weight excluding hydrogens is 151 g/mol. The SMILES string of the molecule is C=C/C(F)=C\C=C(/C)CCl. The summed E-state index contributed by atoms with van der Waals surface area (Å²) in [6.45, 7) is 5.09. The number of alkyl halides is 1. The first-order valence-electron chi connectivity index (χ1n) is 2.92. The van der Waals surface area contributed by atoms with Gasteiger partial charge in [0.2, 0.25) is 0 Å². The van der Waals surface area contributed by atoms with Crippen LogP contribution >= 0.6 is 11.6 Å². The van der Waals surface area contributed by atoms with Gasteiger partial charge in [-0.2, -0.15) is 0 Å². The van der Waals surface area contributed by atoms with Crippen molar-refractivity contribution in [2.24, 2.45) is 0 Å². The molecule has 0 aromatic carbocycles. The molecule has 0 saturated heterocycles. The zero-order valence-corrected chi connectivity index (χ0v) is 6.66. The Morgan fingerprint density at radius 3 is 2.60 bits per heavy atom. The number of rotatable bonds is 3. The predicted octanol–water partition coefficient (Wildman–Crippen LogP) is 3.21. The molecule has 0 radical (unpaired) electrons. The summed E-state index contributed by atoms with van der Waals surface area (Å²) >= 11 is 5.43. The van der Waals surface area contributed by atoms with Gasteiger partial charge >= 0.3 is 0 Å². The Bertz CT molecular complexity index is 168. The molecule has 0 saturated carbocycles. The zero-order valence-electron chi connectivity index (χ0n) is 5.90. The van der Waals surface area contributed by atoms with Crippen molar-refractivity contribution in [3.8, 4) is 0 Å². The van der Waals surface area contributed by atoms with Crippen LogP contribution in [0.1, 0.15) is 6.92 Å². The summed E-state index contributed by atoms with van der Waals surface area (Å²) in [6, 6.07) is 0. The fourth-order valence-electron chi connectivity index (χ4n) is 0.334. The molecular formula is C8H10ClF. The normalized spacial score (nSPS) is 13.5. The van der Waals surface area contributed by atoms with Crippen LogP contribution in [0.3, 0.4) is 0 Å². The van der Waals surface area contributed by atoms with Gasteiger partial charge in [-0.05, 0) is 19.1 Å². The number of halogens is 2. The first-order valence-corrected chi connectivity index (χ1v) is 3.45. The zero-order chi connectivity index (χ0) is 7.98. The molecule has 0 atom stereocenters. The minimum absolute atomic E-state index is 0.343. The average molecular weight is 161 g/mol. The second kappa shape index (κ2) is 5.24. The molecule has 0 aliphatic heterocycles. The molecule has 0 rings (SSSR count). The van der Waals surface area contributed by atoms with E-state index in [1.807, 2.05) is 6.92 Å². The monoisotopic (exact) mass is 160 g/mol. The lowest BCUT2D eigenvalue weighted by molar-refractivity contribution is 0.667. The lowest BCUT2D eigenvalue weighted by Gasteiger charge is -1.87. The third-order valence-corrected chi connectivity index (χ3v) is 1.35. The molecule has 56 valence electrons. The van der Waals surface area contributed by atoms with E-state index < -0.39 is 0 Å². The van der Waals surface area contributed by atoms with Crippen LogP contribution in [0.4, 0.5) is 4.39 Å². The van der Waals surface area contributed by atoms with Crippen LogP contribution in [-0.4, -0.2) is 5.88 Å². The highest BCUT2D eigenvalue weighted by Crippen LogP contribution is 2.01. The fraction of sp³-hybridized carbons (Fsp3) is 0.250. The van der Waals surface area contributed by atoms with Crippen molar-refractivity contribution in [1.29, 1.82) is 0 Å². The third kappa shape index (κ3) is 4.33. The maximum Gasteiger partial charge on any atom is 0.122 e. The van der Waals surface area contributed by atoms with Gasteiger partial charge in [-0.1, -0.05) is 18.2 Å². The molecule has 0 aromatic heterocycles. The van der Waals surface area contributed by atoms with Gasteiger partial charge < -0.3 is 0 Å². The average Bonchev–Trinajstić information content (AvgIpc) is 1.99. The lowest BCUT2D eigenvalue weighted by atomic mass is 10.3. The van der Waals surface area contributed by atoms with Gasteiger partial charge in [-0.25, -0.2) is 4.39 Å². The minimum atomic E-state index is -0.343. The Hall–Kier alpha value is -0.560. The maximum absolute atomic E-state index is 12.3. The van der Waals surface area contributed by atoms with Crippen LogP contribution in [0.25, 0.3) is 0 Å². The second-order valence-electron chi connectivity index (χ2n) is 1.90. The van der Waals surface area contributed by atoms with Crippen molar-refractivity contribution >= 4 is 11.6 Å². The van der Waals surface area contributed by atoms with Crippen molar-refractivity contribution in [2.45, 2.75) is 6.92 Å². The van der Waals surface area contributed by atoms with E-state index >= 15 is 0 Å². The van der Waals surface area contributed by atoms with Gasteiger partial charge in [0, 0.05) is 5.88 Å². The van der Waals surface area contributed by atoms with E-state index in [4.69, 9.17) is 11.6 Å². The van der Waals surface area contributed by atoms with Crippen molar-refractivity contribution in [2.75, 3.05) is 5.88 Å². The topological polar surface area (TPSA) is 0 Å². The van der Waals surface area contributed by atoms with Gasteiger partial charge in [0.1, 0.15) is 5.83 Å². The molecule has 0 nitrogen and oxygen atoms in total. The van der Waals surface area contributed by atoms with Crippen LogP contribution in [0.2, 0.25) is 0 Å². The summed E-state index contributed by atoms with van der Waals surface area (Å²) < 4.78 is 12.3. The van der Waals surface area contributed by atoms with E-state index in [2.05, 4.69) is 6.58 Å². The standard InChI is InChI=1S/C8H10ClF/c1-3-8(10)5-4-7(2)6-9/h3-5H,1,6H2,2H3/b7-4+,8-5+. The van der Waals surface area contributed by atoms with Crippen LogP contribution in [0, 0.1) is 0 Å². The molecule has 0 aliphatic rings. The first-order chi connectivity index (χ1) is 4.70. The molecule has 0 aliphatic carbocycles. The summed E-state index contributed by atoms with van der Waals surface area (Å²) in [5, 5.41) is 0. The highest BCUT2D eigenvalue weighted by Gasteiger charge is 1.83. The Labute approximate surface area is 65.7 Å². The number of hydrogen-bond acceptors (Lipinski definition) is 0. The third-order valence-electron chi connectivity index (χ3n) is 0.933. The Kier molecular flexibility index (Phi) is 4.95. The Balaban J connectivity index is 4.03. The van der Waals surface area contributed by atoms with E-state index in [1.54, 1.807) is 6.08 Å². The van der Waals surface area contributed by atoms with Gasteiger partial charge in [-0.15, -0.1) is 11.6 Å². The van der Waals surface area contributed by atoms with E-state index in [1.165, 1.54) is 6.08 Å². The smallest absolute Gasteiger partial charge is 0.122 e. The Morgan fingerprint density at radius 1 is 1.60 bits per heavy atom. The van der Waals surface area contributed by atoms with Crippen molar-refractivity contribution in [3.05, 3.63) is 36.2 Å². The van der Waals surface area contributed by atoms with E-state index in [0.29, 0.717) is 5.88 Å². The summed E-state index contributed by atoms with van der Waals surface area (Å²) in [6.07, 6.45) is 4.12. The van der Waals surface area contributed by atoms with E-state index in [0.717, 1.165) is 11.6 Å². The summed E-state index contributed by atoms with van der Waals surface area (Å²) in [5.41, 5.74) is 0.929. The molecule has 0 bridgehead atoms. The number of allylic oxidation sites excluding steroid dienone is 5. The van der Waals surface area contributed by atoms with Crippen LogP contribution < -0.4 is 0 Å². The first kappa shape index (κ1) is 9.44. The molecule has 0 unspecified atom stereocenters. The molecule has 0 spiro atoms. The summed E-state index contributed by atoms with van der Waals surface area (Å²) in [5.74, 6) is 0.0884. The molecule has 0 aromatic rings. The number of hydrogen-bond donors (Lipinski definition) is 0. The highest BCUT2D eigenvalue weighted by molar-refractivity contribution is 6.19. The maximum atomic E-state index is 12.3. The summed E-state index contributed by atoms with van der Waals surface area (Å²) in [4.78, 5) is 0. The van der Waals surface area contributed by atoms with Crippen LogP contribution in [0.5, 0.6) is 0 Å². The van der Waals surface area contributed by atoms with Gasteiger partial charge in [-0.3, -0.25) is 0 Å². The van der Waals surface area contributed by atoms with Gasteiger partial charge in [0.15, 0.2) is 0 Å². The quantitative estimate of drug-likeness (QED) is 0.439. The molecule has 10 heavy (non-hydrogen) atoms. The highest BCUT2D eigenvalue weighted by atomic mass is 35.5. The second-order valence-corrected chi connectivity index (χ2v) is 2.17. The van der Waals surface area contributed by atoms with E-state index in [9.17, 15) is 4.39 Å². The van der Waals surface area contributed by atoms with Crippen molar-refractivity contribution in [1.82, 2.24) is 0 Å². The largest absolute Gasteiger partial charge is 0.207 e. The predicted molar refractivity (Wildman–Crippen MR) is 43.9 cm³/mol. The molecule has 0 heterocycles. The molecule has 0 fully saturated rings. The van der Waals surface area contributed by atoms with Gasteiger partial charge in [0.05, 0.1) is 0 Å². The van der Waals surface area contributed by atoms with Gasteiger partial charge in [0.25, 0.3) is 0 Å². The molecule has 0 N–H and O–H groups in total. The van der Waals surface area contributed by atoms with Crippen LogP contribution in [0.15, 0.2) is 36.2 Å². The summed E-state index contributed by atoms with van der Waals surface area (Å²) in [7, 11) is 0. The molecule has 0 amide bonds. The Morgan fingerprint density at radius 2 is 2.20 bits per heavy atom. The van der Waals surface area contributed by atoms with E-state index in [-0.39, 0.29) is 5.83 Å². The van der Waals surface area contributed by atoms with Crippen molar-refractivity contribution < 1.29 is 4.39 Å². The lowest BCUT2D eigenvalue weighted by Crippen LogP contribution is -1.73. The van der Waals surface area contributed by atoms with Crippen molar-refractivity contribution in [3.63, 3.8) is 0 Å².